The fourth-order valence-electron chi connectivity index (χ4n) is 3.81. The van der Waals surface area contributed by atoms with Crippen LogP contribution in [0.15, 0.2) is 42.5 Å². The zero-order chi connectivity index (χ0) is 28.0. The lowest BCUT2D eigenvalue weighted by Gasteiger charge is -2.25. The summed E-state index contributed by atoms with van der Waals surface area (Å²) in [6.45, 7) is -1.94. The van der Waals surface area contributed by atoms with Crippen LogP contribution in [-0.4, -0.2) is 77.9 Å². The topological polar surface area (TPSA) is 199 Å². The second-order valence-corrected chi connectivity index (χ2v) is 8.65. The number of nitrogens with one attached hydrogen (secondary N) is 2. The fraction of sp³-hybridized carbons (Fsp3) is 0.250. The molecule has 1 aliphatic rings. The molecule has 2 atom stereocenters. The number of aliphatic hydroxyl groups excluding tert-OH is 1. The summed E-state index contributed by atoms with van der Waals surface area (Å²) in [6, 6.07) is 7.44. The SMILES string of the molecule is Nc1ccc(C(=O)N[C@H]2CN(C(=O)CO)c3ccccc3N(CC(=O)N[C@H](C=O)CC(=O)O)C2=O)cc1Cl. The molecular formula is C24H24ClN5O8. The van der Waals surface area contributed by atoms with Crippen LogP contribution < -0.4 is 26.2 Å². The first-order valence-electron chi connectivity index (χ1n) is 11.2. The highest BCUT2D eigenvalue weighted by atomic mass is 35.5. The Kier molecular flexibility index (Phi) is 8.99. The van der Waals surface area contributed by atoms with Crippen LogP contribution in [0.4, 0.5) is 17.1 Å². The highest BCUT2D eigenvalue weighted by Gasteiger charge is 2.37. The summed E-state index contributed by atoms with van der Waals surface area (Å²) in [5.41, 5.74) is 6.28. The maximum Gasteiger partial charge on any atom is 0.305 e. The van der Waals surface area contributed by atoms with Crippen molar-refractivity contribution >= 4 is 64.5 Å². The minimum Gasteiger partial charge on any atom is -0.481 e. The third kappa shape index (κ3) is 6.44. The molecule has 0 unspecified atom stereocenters. The summed E-state index contributed by atoms with van der Waals surface area (Å²) >= 11 is 6.00. The number of hydrogen-bond acceptors (Lipinski definition) is 8. The molecule has 6 N–H and O–H groups in total. The largest absolute Gasteiger partial charge is 0.481 e. The van der Waals surface area contributed by atoms with Gasteiger partial charge in [0, 0.05) is 5.56 Å². The van der Waals surface area contributed by atoms with Crippen molar-refractivity contribution < 1.29 is 39.0 Å². The van der Waals surface area contributed by atoms with E-state index in [0.29, 0.717) is 0 Å². The van der Waals surface area contributed by atoms with Gasteiger partial charge in [0.25, 0.3) is 17.7 Å². The van der Waals surface area contributed by atoms with Crippen molar-refractivity contribution in [3.05, 3.63) is 53.1 Å². The number of carboxylic acids is 1. The molecule has 1 heterocycles. The summed E-state index contributed by atoms with van der Waals surface area (Å²) in [4.78, 5) is 76.2. The number of nitrogen functional groups attached to an aromatic ring is 1. The predicted octanol–water partition coefficient (Wildman–Crippen LogP) is -0.449. The maximum absolute atomic E-state index is 13.6. The van der Waals surface area contributed by atoms with Crippen molar-refractivity contribution in [2.75, 3.05) is 35.2 Å². The molecule has 13 nitrogen and oxygen atoms in total. The third-order valence-electron chi connectivity index (χ3n) is 5.60. The van der Waals surface area contributed by atoms with Crippen molar-refractivity contribution in [3.63, 3.8) is 0 Å². The zero-order valence-electron chi connectivity index (χ0n) is 19.8. The van der Waals surface area contributed by atoms with Gasteiger partial charge in [-0.3, -0.25) is 28.9 Å². The Morgan fingerprint density at radius 3 is 2.45 bits per heavy atom. The number of anilines is 3. The molecule has 200 valence electrons. The number of hydrogen-bond donors (Lipinski definition) is 5. The van der Waals surface area contributed by atoms with E-state index in [1.165, 1.54) is 30.3 Å². The highest BCUT2D eigenvalue weighted by molar-refractivity contribution is 6.33. The van der Waals surface area contributed by atoms with E-state index in [0.717, 1.165) is 9.80 Å². The standard InChI is InChI=1S/C24H24ClN5O8/c25-15-7-13(5-6-16(15)26)23(37)28-17-9-29(21(34)12-32)18-3-1-2-4-19(18)30(24(17)38)10-20(33)27-14(11-31)8-22(35)36/h1-7,11,14,17,32H,8-10,12,26H2,(H,27,33)(H,28,37)(H,35,36)/t14-,17-/m0/s1. The molecule has 0 bridgehead atoms. The van der Waals surface area contributed by atoms with Gasteiger partial charge < -0.3 is 36.3 Å². The number of aliphatic hydroxyl groups is 1. The van der Waals surface area contributed by atoms with E-state index in [2.05, 4.69) is 10.6 Å². The van der Waals surface area contributed by atoms with E-state index < -0.39 is 61.3 Å². The van der Waals surface area contributed by atoms with Gasteiger partial charge in [-0.2, -0.15) is 0 Å². The molecule has 0 aliphatic carbocycles. The van der Waals surface area contributed by atoms with Gasteiger partial charge in [-0.15, -0.1) is 0 Å². The number of carboxylic acid groups (broad SMARTS) is 1. The summed E-state index contributed by atoms with van der Waals surface area (Å²) < 4.78 is 0. The van der Waals surface area contributed by atoms with E-state index in [1.807, 2.05) is 0 Å². The fourth-order valence-corrected chi connectivity index (χ4v) is 3.99. The molecule has 0 aromatic heterocycles. The number of nitrogens with zero attached hydrogens (tertiary/aromatic N) is 2. The van der Waals surface area contributed by atoms with Gasteiger partial charge in [0.15, 0.2) is 0 Å². The van der Waals surface area contributed by atoms with Crippen LogP contribution in [-0.2, 0) is 24.0 Å². The van der Waals surface area contributed by atoms with Gasteiger partial charge in [0.05, 0.1) is 41.1 Å². The summed E-state index contributed by atoms with van der Waals surface area (Å²) in [6.07, 6.45) is -0.409. The molecule has 14 heteroatoms. The number of halogens is 1. The van der Waals surface area contributed by atoms with Crippen molar-refractivity contribution in [1.29, 1.82) is 0 Å². The second-order valence-electron chi connectivity index (χ2n) is 8.25. The first kappa shape index (κ1) is 28.1. The Morgan fingerprint density at radius 2 is 1.84 bits per heavy atom. The number of rotatable bonds is 9. The number of benzene rings is 2. The van der Waals surface area contributed by atoms with E-state index in [9.17, 15) is 33.9 Å². The number of nitrogens with two attached hydrogens (primary N) is 1. The number of aliphatic carboxylic acids is 1. The molecule has 0 radical (unpaired) electrons. The minimum absolute atomic E-state index is 0.0746. The van der Waals surface area contributed by atoms with Gasteiger partial charge >= 0.3 is 5.97 Å². The number of aldehydes is 1. The summed E-state index contributed by atoms with van der Waals surface area (Å²) in [5, 5.41) is 23.3. The van der Waals surface area contributed by atoms with E-state index >= 15 is 0 Å². The Bertz CT molecular complexity index is 1290. The van der Waals surface area contributed by atoms with Crippen molar-refractivity contribution in [3.8, 4) is 0 Å². The van der Waals surface area contributed by atoms with Crippen LogP contribution in [0.3, 0.4) is 0 Å². The molecule has 1 aliphatic heterocycles. The van der Waals surface area contributed by atoms with Crippen LogP contribution in [0.25, 0.3) is 0 Å². The first-order valence-corrected chi connectivity index (χ1v) is 11.6. The molecular weight excluding hydrogens is 522 g/mol. The summed E-state index contributed by atoms with van der Waals surface area (Å²) in [7, 11) is 0. The van der Waals surface area contributed by atoms with Gasteiger partial charge in [0.2, 0.25) is 5.91 Å². The van der Waals surface area contributed by atoms with E-state index in [1.54, 1.807) is 12.1 Å². The molecule has 3 rings (SSSR count). The monoisotopic (exact) mass is 545 g/mol. The Balaban J connectivity index is 1.97. The molecule has 0 fully saturated rings. The number of carbonyl (C=O) groups is 6. The Morgan fingerprint density at radius 1 is 1.16 bits per heavy atom. The van der Waals surface area contributed by atoms with Crippen molar-refractivity contribution in [2.24, 2.45) is 0 Å². The van der Waals surface area contributed by atoms with Crippen molar-refractivity contribution in [2.45, 2.75) is 18.5 Å². The zero-order valence-corrected chi connectivity index (χ0v) is 20.6. The Labute approximate surface area is 221 Å². The lowest BCUT2D eigenvalue weighted by molar-refractivity contribution is -0.139. The van der Waals surface area contributed by atoms with E-state index in [-0.39, 0.29) is 40.5 Å². The normalized spacial score (nSPS) is 15.6. The van der Waals surface area contributed by atoms with Gasteiger partial charge in [-0.1, -0.05) is 23.7 Å². The molecule has 0 spiro atoms. The lowest BCUT2D eigenvalue weighted by atomic mass is 10.1. The quantitative estimate of drug-likeness (QED) is 0.204. The molecule has 4 amide bonds. The highest BCUT2D eigenvalue weighted by Crippen LogP contribution is 2.33. The molecule has 0 saturated heterocycles. The molecule has 2 aromatic rings. The van der Waals surface area contributed by atoms with Crippen LogP contribution in [0.1, 0.15) is 16.8 Å². The molecule has 2 aromatic carbocycles. The van der Waals surface area contributed by atoms with E-state index in [4.69, 9.17) is 22.4 Å². The van der Waals surface area contributed by atoms with Gasteiger partial charge in [0.1, 0.15) is 25.5 Å². The molecule has 0 saturated carbocycles. The van der Waals surface area contributed by atoms with Crippen molar-refractivity contribution in [1.82, 2.24) is 10.6 Å². The maximum atomic E-state index is 13.6. The Hall–Kier alpha value is -4.49. The average Bonchev–Trinajstić information content (AvgIpc) is 2.99. The van der Waals surface area contributed by atoms with Crippen LogP contribution in [0.2, 0.25) is 5.02 Å². The summed E-state index contributed by atoms with van der Waals surface area (Å²) in [5.74, 6) is -4.45. The second kappa shape index (κ2) is 12.2. The van der Waals surface area contributed by atoms with Crippen LogP contribution in [0.5, 0.6) is 0 Å². The number of carbonyl (C=O) groups excluding carboxylic acids is 5. The lowest BCUT2D eigenvalue weighted by Crippen LogP contribution is -2.55. The van der Waals surface area contributed by atoms with Gasteiger partial charge in [-0.25, -0.2) is 0 Å². The minimum atomic E-state index is -1.38. The van der Waals surface area contributed by atoms with Crippen LogP contribution >= 0.6 is 11.6 Å². The van der Waals surface area contributed by atoms with Crippen LogP contribution in [0, 0.1) is 0 Å². The predicted molar refractivity (Wildman–Crippen MR) is 136 cm³/mol. The average molecular weight is 546 g/mol. The number of amides is 4. The third-order valence-corrected chi connectivity index (χ3v) is 5.93. The van der Waals surface area contributed by atoms with Gasteiger partial charge in [-0.05, 0) is 30.3 Å². The first-order chi connectivity index (χ1) is 18.0. The molecule has 38 heavy (non-hydrogen) atoms. The smallest absolute Gasteiger partial charge is 0.305 e. The number of fused-ring (bicyclic) bond motifs is 1. The number of para-hydroxylation sites is 2.